The highest BCUT2D eigenvalue weighted by molar-refractivity contribution is 14.1. The molecule has 5 heteroatoms. The molecule has 1 atom stereocenters. The smallest absolute Gasteiger partial charge is 0.292 e. The van der Waals surface area contributed by atoms with E-state index in [4.69, 9.17) is 9.47 Å². The Bertz CT molecular complexity index is 205. The molecule has 1 rings (SSSR count). The van der Waals surface area contributed by atoms with Crippen LogP contribution in [0.4, 0.5) is 0 Å². The molecule has 11 heavy (non-hydrogen) atoms. The van der Waals surface area contributed by atoms with Crippen molar-refractivity contribution in [2.75, 3.05) is 14.2 Å². The Morgan fingerprint density at radius 2 is 2.36 bits per heavy atom. The molecule has 0 aliphatic carbocycles. The Kier molecular flexibility index (Phi) is 2.72. The highest BCUT2D eigenvalue weighted by atomic mass is 127. The number of halogens is 1. The van der Waals surface area contributed by atoms with Crippen LogP contribution < -0.4 is 5.32 Å². The molecule has 1 aliphatic heterocycles. The van der Waals surface area contributed by atoms with E-state index in [1.807, 2.05) is 22.6 Å². The molecule has 0 saturated heterocycles. The molecular formula is C6H9IN2O2. The van der Waals surface area contributed by atoms with Crippen molar-refractivity contribution in [1.29, 1.82) is 0 Å². The second-order valence-corrected chi connectivity index (χ2v) is 3.37. The summed E-state index contributed by atoms with van der Waals surface area (Å²) in [4.78, 5) is 4.05. The number of hydrogen-bond acceptors (Lipinski definition) is 4. The first kappa shape index (κ1) is 8.79. The number of hydrogen-bond donors (Lipinski definition) is 1. The van der Waals surface area contributed by atoms with Crippen LogP contribution in [-0.2, 0) is 9.47 Å². The fraction of sp³-hybridized carbons (Fsp3) is 0.500. The van der Waals surface area contributed by atoms with Crippen molar-refractivity contribution in [3.8, 4) is 0 Å². The summed E-state index contributed by atoms with van der Waals surface area (Å²) in [6.07, 6.45) is 3.38. The van der Waals surface area contributed by atoms with Gasteiger partial charge in [-0.15, -0.1) is 0 Å². The lowest BCUT2D eigenvalue weighted by Crippen LogP contribution is -2.40. The van der Waals surface area contributed by atoms with E-state index in [2.05, 4.69) is 10.3 Å². The van der Waals surface area contributed by atoms with Gasteiger partial charge in [0.2, 0.25) is 0 Å². The number of rotatable bonds is 2. The zero-order chi connectivity index (χ0) is 8.32. The maximum absolute atomic E-state index is 5.07. The largest absolute Gasteiger partial charge is 0.482 e. The van der Waals surface area contributed by atoms with Crippen molar-refractivity contribution >= 4 is 28.8 Å². The van der Waals surface area contributed by atoms with Gasteiger partial charge < -0.3 is 14.8 Å². The molecule has 1 N–H and O–H groups in total. The second kappa shape index (κ2) is 3.40. The van der Waals surface area contributed by atoms with Crippen LogP contribution in [0.3, 0.4) is 0 Å². The molecule has 0 amide bonds. The van der Waals surface area contributed by atoms with Crippen molar-refractivity contribution in [3.05, 3.63) is 12.0 Å². The SMILES string of the molecule is COC1=CC=NC(I)(OC)N1. The Balaban J connectivity index is 2.68. The van der Waals surface area contributed by atoms with E-state index in [0.29, 0.717) is 5.88 Å². The van der Waals surface area contributed by atoms with E-state index in [1.165, 1.54) is 0 Å². The zero-order valence-electron chi connectivity index (χ0n) is 6.30. The summed E-state index contributed by atoms with van der Waals surface area (Å²) >= 11 is 2.04. The quantitative estimate of drug-likeness (QED) is 0.458. The average molecular weight is 268 g/mol. The molecule has 1 unspecified atom stereocenters. The lowest BCUT2D eigenvalue weighted by molar-refractivity contribution is 0.0549. The van der Waals surface area contributed by atoms with Crippen LogP contribution in [0, 0.1) is 0 Å². The van der Waals surface area contributed by atoms with E-state index in [0.717, 1.165) is 0 Å². The summed E-state index contributed by atoms with van der Waals surface area (Å²) in [5.74, 6) is 0.649. The van der Waals surface area contributed by atoms with Crippen LogP contribution in [0.15, 0.2) is 17.0 Å². The first-order valence-corrected chi connectivity index (χ1v) is 4.10. The first-order valence-electron chi connectivity index (χ1n) is 3.02. The first-order chi connectivity index (χ1) is 5.20. The van der Waals surface area contributed by atoms with Gasteiger partial charge in [0.05, 0.1) is 7.11 Å². The standard InChI is InChI=1S/C6H9IN2O2/c1-10-5-3-4-8-6(7,9-5)11-2/h3-4,9H,1-2H3. The predicted molar refractivity (Wildman–Crippen MR) is 50.5 cm³/mol. The van der Waals surface area contributed by atoms with E-state index in [1.54, 1.807) is 26.5 Å². The second-order valence-electron chi connectivity index (χ2n) is 1.90. The third-order valence-corrected chi connectivity index (χ3v) is 2.22. The molecule has 0 radical (unpaired) electrons. The number of methoxy groups -OCH3 is 2. The third kappa shape index (κ3) is 2.06. The predicted octanol–water partition coefficient (Wildman–Crippen LogP) is 0.841. The van der Waals surface area contributed by atoms with Gasteiger partial charge in [0.15, 0.2) is 5.88 Å². The molecule has 4 nitrogen and oxygen atoms in total. The van der Waals surface area contributed by atoms with Gasteiger partial charge in [0.25, 0.3) is 3.86 Å². The topological polar surface area (TPSA) is 42.9 Å². The number of nitrogens with one attached hydrogen (secondary N) is 1. The third-order valence-electron chi connectivity index (χ3n) is 1.23. The molecule has 1 heterocycles. The van der Waals surface area contributed by atoms with Gasteiger partial charge in [0, 0.05) is 42.0 Å². The number of allylic oxidation sites excluding steroid dienone is 1. The minimum atomic E-state index is -0.710. The molecule has 0 saturated carbocycles. The fourth-order valence-electron chi connectivity index (χ4n) is 0.650. The highest BCUT2D eigenvalue weighted by Crippen LogP contribution is 2.21. The maximum Gasteiger partial charge on any atom is 0.292 e. The molecule has 0 aromatic heterocycles. The molecular weight excluding hydrogens is 259 g/mol. The highest BCUT2D eigenvalue weighted by Gasteiger charge is 2.26. The van der Waals surface area contributed by atoms with Gasteiger partial charge in [-0.1, -0.05) is 0 Å². The van der Waals surface area contributed by atoms with Crippen molar-refractivity contribution in [3.63, 3.8) is 0 Å². The van der Waals surface area contributed by atoms with Crippen molar-refractivity contribution in [2.45, 2.75) is 3.86 Å². The summed E-state index contributed by atoms with van der Waals surface area (Å²) in [6.45, 7) is 0. The maximum atomic E-state index is 5.07. The minimum Gasteiger partial charge on any atom is -0.482 e. The fourth-order valence-corrected chi connectivity index (χ4v) is 1.08. The molecule has 1 aliphatic rings. The van der Waals surface area contributed by atoms with Crippen LogP contribution in [-0.4, -0.2) is 24.3 Å². The molecule has 0 aromatic carbocycles. The monoisotopic (exact) mass is 268 g/mol. The van der Waals surface area contributed by atoms with Gasteiger partial charge in [-0.3, -0.25) is 0 Å². The lowest BCUT2D eigenvalue weighted by atomic mass is 10.5. The lowest BCUT2D eigenvalue weighted by Gasteiger charge is -2.26. The van der Waals surface area contributed by atoms with Gasteiger partial charge in [-0.2, -0.15) is 0 Å². The van der Waals surface area contributed by atoms with Gasteiger partial charge in [0.1, 0.15) is 0 Å². The average Bonchev–Trinajstić information content (AvgIpc) is 2.05. The van der Waals surface area contributed by atoms with Gasteiger partial charge in [-0.05, 0) is 0 Å². The minimum absolute atomic E-state index is 0.649. The molecule has 0 aromatic rings. The van der Waals surface area contributed by atoms with Crippen LogP contribution in [0.2, 0.25) is 0 Å². The van der Waals surface area contributed by atoms with E-state index in [9.17, 15) is 0 Å². The Morgan fingerprint density at radius 3 is 2.91 bits per heavy atom. The number of aliphatic imine (C=N–C) groups is 1. The van der Waals surface area contributed by atoms with E-state index in [-0.39, 0.29) is 0 Å². The summed E-state index contributed by atoms with van der Waals surface area (Å²) in [7, 11) is 3.17. The van der Waals surface area contributed by atoms with Crippen molar-refractivity contribution < 1.29 is 9.47 Å². The molecule has 0 bridgehead atoms. The summed E-state index contributed by atoms with van der Waals surface area (Å²) in [6, 6.07) is 0. The van der Waals surface area contributed by atoms with Crippen molar-refractivity contribution in [1.82, 2.24) is 5.32 Å². The zero-order valence-corrected chi connectivity index (χ0v) is 8.45. The van der Waals surface area contributed by atoms with Crippen LogP contribution in [0.5, 0.6) is 0 Å². The van der Waals surface area contributed by atoms with E-state index >= 15 is 0 Å². The molecule has 62 valence electrons. The van der Waals surface area contributed by atoms with E-state index < -0.39 is 3.86 Å². The Labute approximate surface area is 78.8 Å². The Morgan fingerprint density at radius 1 is 1.64 bits per heavy atom. The number of alkyl halides is 1. The van der Waals surface area contributed by atoms with Crippen LogP contribution in [0.25, 0.3) is 0 Å². The molecule has 0 fully saturated rings. The Hall–Kier alpha value is -0.300. The van der Waals surface area contributed by atoms with Gasteiger partial charge >= 0.3 is 0 Å². The summed E-state index contributed by atoms with van der Waals surface area (Å²) in [5.41, 5.74) is 0. The summed E-state index contributed by atoms with van der Waals surface area (Å²) < 4.78 is 9.32. The van der Waals surface area contributed by atoms with Crippen LogP contribution >= 0.6 is 22.6 Å². The van der Waals surface area contributed by atoms with Gasteiger partial charge in [-0.25, -0.2) is 4.99 Å². The van der Waals surface area contributed by atoms with Crippen LogP contribution in [0.1, 0.15) is 0 Å². The number of ether oxygens (including phenoxy) is 2. The summed E-state index contributed by atoms with van der Waals surface area (Å²) in [5, 5.41) is 2.93. The number of nitrogens with zero attached hydrogens (tertiary/aromatic N) is 1. The molecule has 0 spiro atoms. The van der Waals surface area contributed by atoms with Crippen molar-refractivity contribution in [2.24, 2.45) is 4.99 Å². The normalized spacial score (nSPS) is 29.2.